The molecule has 1 unspecified atom stereocenters. The number of rotatable bonds is 3. The summed E-state index contributed by atoms with van der Waals surface area (Å²) in [6, 6.07) is 10.3. The van der Waals surface area contributed by atoms with Crippen molar-refractivity contribution in [2.24, 2.45) is 0 Å². The molecule has 3 heterocycles. The van der Waals surface area contributed by atoms with Gasteiger partial charge in [0.1, 0.15) is 11.5 Å². The highest BCUT2D eigenvalue weighted by Gasteiger charge is 2.32. The quantitative estimate of drug-likeness (QED) is 0.474. The predicted octanol–water partition coefficient (Wildman–Crippen LogP) is 4.01. The molecule has 7 nitrogen and oxygen atoms in total. The lowest BCUT2D eigenvalue weighted by atomic mass is 9.80. The van der Waals surface area contributed by atoms with Gasteiger partial charge in [-0.2, -0.15) is 0 Å². The van der Waals surface area contributed by atoms with Crippen molar-refractivity contribution in [2.45, 2.75) is 52.0 Å². The number of hydrogen-bond donors (Lipinski definition) is 1. The van der Waals surface area contributed by atoms with E-state index in [0.29, 0.717) is 44.6 Å². The van der Waals surface area contributed by atoms with Gasteiger partial charge in [-0.25, -0.2) is 4.79 Å². The average Bonchev–Trinajstić information content (AvgIpc) is 3.25. The number of nitrogens with one attached hydrogen (secondary N) is 1. The van der Waals surface area contributed by atoms with Crippen molar-refractivity contribution in [3.05, 3.63) is 62.9 Å². The highest BCUT2D eigenvalue weighted by atomic mass is 16.6. The summed E-state index contributed by atoms with van der Waals surface area (Å²) in [6.07, 6.45) is 2.11. The van der Waals surface area contributed by atoms with Crippen molar-refractivity contribution in [3.8, 4) is 17.0 Å². The SMILES string of the molecule is CCc1c(OC(=O)N2CCNCC2)ccc2cc3c(cc12)Cn1c-3cc2c(c1=O)CCC(=O)C2CC. The van der Waals surface area contributed by atoms with Crippen LogP contribution in [-0.4, -0.2) is 47.5 Å². The van der Waals surface area contributed by atoms with E-state index in [0.717, 1.165) is 63.8 Å². The van der Waals surface area contributed by atoms with E-state index in [-0.39, 0.29) is 23.4 Å². The van der Waals surface area contributed by atoms with Crippen LogP contribution >= 0.6 is 0 Å². The maximum absolute atomic E-state index is 13.5. The zero-order chi connectivity index (χ0) is 25.0. The maximum atomic E-state index is 13.5. The van der Waals surface area contributed by atoms with Gasteiger partial charge in [-0.05, 0) is 65.4 Å². The third kappa shape index (κ3) is 3.56. The molecule has 6 rings (SSSR count). The van der Waals surface area contributed by atoms with Crippen LogP contribution in [0.3, 0.4) is 0 Å². The highest BCUT2D eigenvalue weighted by molar-refractivity contribution is 5.94. The van der Waals surface area contributed by atoms with Crippen molar-refractivity contribution >= 4 is 22.6 Å². The summed E-state index contributed by atoms with van der Waals surface area (Å²) in [5.74, 6) is 0.652. The minimum Gasteiger partial charge on any atom is -0.410 e. The summed E-state index contributed by atoms with van der Waals surface area (Å²) in [4.78, 5) is 40.5. The number of benzene rings is 2. The Morgan fingerprint density at radius 3 is 2.64 bits per heavy atom. The maximum Gasteiger partial charge on any atom is 0.415 e. The summed E-state index contributed by atoms with van der Waals surface area (Å²) in [6.45, 7) is 7.44. The fourth-order valence-electron chi connectivity index (χ4n) is 6.16. The van der Waals surface area contributed by atoms with E-state index in [1.807, 2.05) is 23.6 Å². The van der Waals surface area contributed by atoms with E-state index in [2.05, 4.69) is 30.4 Å². The molecule has 0 spiro atoms. The number of fused-ring (bicyclic) bond motifs is 5. The van der Waals surface area contributed by atoms with Crippen LogP contribution in [0.15, 0.2) is 35.1 Å². The topological polar surface area (TPSA) is 80.6 Å². The molecule has 1 saturated heterocycles. The van der Waals surface area contributed by atoms with Gasteiger partial charge in [0.05, 0.1) is 12.2 Å². The molecule has 1 aliphatic carbocycles. The summed E-state index contributed by atoms with van der Waals surface area (Å²) in [7, 11) is 0. The zero-order valence-corrected chi connectivity index (χ0v) is 20.9. The number of carbonyl (C=O) groups is 2. The molecule has 1 aromatic heterocycles. The van der Waals surface area contributed by atoms with Crippen LogP contribution in [-0.2, 0) is 24.2 Å². The van der Waals surface area contributed by atoms with Crippen LogP contribution in [0.1, 0.15) is 54.9 Å². The van der Waals surface area contributed by atoms with Gasteiger partial charge in [0, 0.05) is 55.2 Å². The molecular formula is C29H31N3O4. The molecule has 0 saturated carbocycles. The van der Waals surface area contributed by atoms with E-state index in [1.165, 1.54) is 0 Å². The van der Waals surface area contributed by atoms with Crippen LogP contribution in [0.4, 0.5) is 4.79 Å². The number of aryl methyl sites for hydroxylation is 1. The Bertz CT molecular complexity index is 1470. The lowest BCUT2D eigenvalue weighted by Gasteiger charge is -2.27. The molecule has 36 heavy (non-hydrogen) atoms. The predicted molar refractivity (Wildman–Crippen MR) is 139 cm³/mol. The second-order valence-corrected chi connectivity index (χ2v) is 10.0. The molecule has 3 aliphatic rings. The number of hydrogen-bond acceptors (Lipinski definition) is 5. The van der Waals surface area contributed by atoms with Gasteiger partial charge >= 0.3 is 6.09 Å². The zero-order valence-electron chi connectivity index (χ0n) is 20.9. The summed E-state index contributed by atoms with van der Waals surface area (Å²) in [5.41, 5.74) is 5.79. The fourth-order valence-corrected chi connectivity index (χ4v) is 6.16. The van der Waals surface area contributed by atoms with Gasteiger partial charge < -0.3 is 19.5 Å². The van der Waals surface area contributed by atoms with Crippen molar-refractivity contribution in [2.75, 3.05) is 26.2 Å². The largest absolute Gasteiger partial charge is 0.415 e. The van der Waals surface area contributed by atoms with Gasteiger partial charge in [-0.3, -0.25) is 9.59 Å². The monoisotopic (exact) mass is 485 g/mol. The Labute approximate surface area is 210 Å². The number of aromatic nitrogens is 1. The van der Waals surface area contributed by atoms with Crippen LogP contribution in [0.25, 0.3) is 22.0 Å². The minimum absolute atomic E-state index is 0.0371. The molecule has 0 radical (unpaired) electrons. The number of amides is 1. The summed E-state index contributed by atoms with van der Waals surface area (Å²) < 4.78 is 7.72. The van der Waals surface area contributed by atoms with Gasteiger partial charge in [-0.1, -0.05) is 19.9 Å². The Hall–Kier alpha value is -3.45. The third-order valence-electron chi connectivity index (χ3n) is 8.07. The molecule has 3 aromatic rings. The molecule has 2 aliphatic heterocycles. The number of ketones is 1. The normalized spacial score (nSPS) is 18.7. The van der Waals surface area contributed by atoms with E-state index < -0.39 is 0 Å². The Kier molecular flexibility index (Phi) is 5.67. The molecule has 1 amide bonds. The van der Waals surface area contributed by atoms with E-state index >= 15 is 0 Å². The Balaban J connectivity index is 1.42. The van der Waals surface area contributed by atoms with Crippen LogP contribution in [0, 0.1) is 0 Å². The number of ether oxygens (including phenoxy) is 1. The van der Waals surface area contributed by atoms with Crippen LogP contribution < -0.4 is 15.6 Å². The first-order chi connectivity index (χ1) is 17.5. The van der Waals surface area contributed by atoms with Crippen molar-refractivity contribution in [3.63, 3.8) is 0 Å². The number of pyridine rings is 1. The number of nitrogens with zero attached hydrogens (tertiary/aromatic N) is 2. The molecule has 0 bridgehead atoms. The van der Waals surface area contributed by atoms with E-state index in [1.54, 1.807) is 4.90 Å². The van der Waals surface area contributed by atoms with Crippen LogP contribution in [0.2, 0.25) is 0 Å². The van der Waals surface area contributed by atoms with E-state index in [4.69, 9.17) is 4.74 Å². The second-order valence-electron chi connectivity index (χ2n) is 10.0. The molecule has 7 heteroatoms. The number of carbonyl (C=O) groups excluding carboxylic acids is 2. The van der Waals surface area contributed by atoms with Crippen LogP contribution in [0.5, 0.6) is 5.75 Å². The molecular weight excluding hydrogens is 454 g/mol. The third-order valence-corrected chi connectivity index (χ3v) is 8.07. The van der Waals surface area contributed by atoms with Gasteiger partial charge in [0.2, 0.25) is 0 Å². The lowest BCUT2D eigenvalue weighted by Crippen LogP contribution is -2.47. The summed E-state index contributed by atoms with van der Waals surface area (Å²) >= 11 is 0. The van der Waals surface area contributed by atoms with Gasteiger partial charge in [-0.15, -0.1) is 0 Å². The van der Waals surface area contributed by atoms with E-state index in [9.17, 15) is 14.4 Å². The van der Waals surface area contributed by atoms with Crippen molar-refractivity contribution in [1.29, 1.82) is 0 Å². The molecule has 1 atom stereocenters. The molecule has 1 fully saturated rings. The molecule has 186 valence electrons. The number of Topliss-reactive ketones (excluding diaryl/α,β-unsaturated/α-hetero) is 1. The Morgan fingerprint density at radius 2 is 1.89 bits per heavy atom. The first kappa shape index (κ1) is 23.0. The standard InChI is InChI=1S/C29H31N3O4/c1-3-19-24-15-25-23-13-17-5-8-27(36-29(35)31-11-9-30-10-12-31)20(4-2)22(17)14-18(23)16-32(25)28(34)21(24)6-7-26(19)33/h5,8,13-15,19,30H,3-4,6-7,9-12,16H2,1-2H3. The second kappa shape index (κ2) is 8.89. The smallest absolute Gasteiger partial charge is 0.410 e. The number of piperazine rings is 1. The average molecular weight is 486 g/mol. The minimum atomic E-state index is -0.309. The highest BCUT2D eigenvalue weighted by Crippen LogP contribution is 2.40. The molecule has 1 N–H and O–H groups in total. The fraction of sp³-hybridized carbons (Fsp3) is 0.414. The summed E-state index contributed by atoms with van der Waals surface area (Å²) in [5, 5.41) is 5.35. The first-order valence-corrected chi connectivity index (χ1v) is 13.1. The van der Waals surface area contributed by atoms with Gasteiger partial charge in [0.15, 0.2) is 0 Å². The lowest BCUT2D eigenvalue weighted by molar-refractivity contribution is -0.121. The van der Waals surface area contributed by atoms with Crippen molar-refractivity contribution in [1.82, 2.24) is 14.8 Å². The Morgan fingerprint density at radius 1 is 1.08 bits per heavy atom. The molecule has 2 aromatic carbocycles. The van der Waals surface area contributed by atoms with Crippen molar-refractivity contribution < 1.29 is 14.3 Å². The van der Waals surface area contributed by atoms with Gasteiger partial charge in [0.25, 0.3) is 5.56 Å². The first-order valence-electron chi connectivity index (χ1n) is 13.1.